The van der Waals surface area contributed by atoms with E-state index in [1.807, 2.05) is 0 Å². The van der Waals surface area contributed by atoms with Gasteiger partial charge in [-0.1, -0.05) is 31.0 Å². The minimum absolute atomic E-state index is 0.0875. The number of aryl methyl sites for hydroxylation is 2. The molecule has 2 aromatic rings. The molecule has 152 valence electrons. The Morgan fingerprint density at radius 2 is 2.00 bits per heavy atom. The number of benzene rings is 2. The number of ether oxygens (including phenoxy) is 2. The second-order valence-corrected chi connectivity index (χ2v) is 9.06. The minimum Gasteiger partial charge on any atom is -0.493 e. The fourth-order valence-corrected chi connectivity index (χ4v) is 4.92. The standard InChI is InChI=1S/C26H30O3/c1-16-5-11-21(18-8-9-18)25(20-10-12-23-19(15-20)4-3-13-29-23)24(16)22(26(27)28-2)14-17-6-7-17/h5,10-12,15,17-18,22H,3-4,6-9,13-14H2,1-2H3. The highest BCUT2D eigenvalue weighted by Crippen LogP contribution is 2.50. The average molecular weight is 391 g/mol. The zero-order valence-corrected chi connectivity index (χ0v) is 17.5. The summed E-state index contributed by atoms with van der Waals surface area (Å²) in [5, 5.41) is 0. The first-order valence-corrected chi connectivity index (χ1v) is 11.1. The third-order valence-electron chi connectivity index (χ3n) is 6.81. The number of fused-ring (bicyclic) bond motifs is 1. The Morgan fingerprint density at radius 3 is 2.72 bits per heavy atom. The number of rotatable bonds is 6. The van der Waals surface area contributed by atoms with E-state index in [2.05, 4.69) is 37.3 Å². The molecule has 29 heavy (non-hydrogen) atoms. The predicted octanol–water partition coefficient (Wildman–Crippen LogP) is 5.92. The molecule has 0 aromatic heterocycles. The average Bonchev–Trinajstić information content (AvgIpc) is 3.65. The Bertz CT molecular complexity index is 937. The van der Waals surface area contributed by atoms with Crippen molar-refractivity contribution in [2.75, 3.05) is 13.7 Å². The highest BCUT2D eigenvalue weighted by Gasteiger charge is 2.36. The van der Waals surface area contributed by atoms with E-state index in [4.69, 9.17) is 9.47 Å². The lowest BCUT2D eigenvalue weighted by molar-refractivity contribution is -0.142. The number of carbonyl (C=O) groups is 1. The molecule has 1 aliphatic heterocycles. The van der Waals surface area contributed by atoms with Crippen LogP contribution in [0.4, 0.5) is 0 Å². The third kappa shape index (κ3) is 3.68. The lowest BCUT2D eigenvalue weighted by Gasteiger charge is -2.25. The van der Waals surface area contributed by atoms with Crippen molar-refractivity contribution in [1.29, 1.82) is 0 Å². The maximum atomic E-state index is 12.9. The molecule has 2 aromatic carbocycles. The van der Waals surface area contributed by atoms with E-state index in [0.717, 1.165) is 31.6 Å². The van der Waals surface area contributed by atoms with Crippen LogP contribution in [0.25, 0.3) is 11.1 Å². The van der Waals surface area contributed by atoms with Gasteiger partial charge in [-0.15, -0.1) is 0 Å². The van der Waals surface area contributed by atoms with Crippen LogP contribution in [-0.2, 0) is 16.0 Å². The fraction of sp³-hybridized carbons (Fsp3) is 0.500. The van der Waals surface area contributed by atoms with Crippen molar-refractivity contribution in [3.8, 4) is 16.9 Å². The second kappa shape index (κ2) is 7.51. The Morgan fingerprint density at radius 1 is 1.17 bits per heavy atom. The van der Waals surface area contributed by atoms with Crippen molar-refractivity contribution in [1.82, 2.24) is 0 Å². The lowest BCUT2D eigenvalue weighted by atomic mass is 9.80. The van der Waals surface area contributed by atoms with Gasteiger partial charge in [-0.3, -0.25) is 4.79 Å². The van der Waals surface area contributed by atoms with Gasteiger partial charge in [0.25, 0.3) is 0 Å². The molecule has 5 rings (SSSR count). The Kier molecular flexibility index (Phi) is 4.85. The highest BCUT2D eigenvalue weighted by molar-refractivity contribution is 5.85. The maximum Gasteiger partial charge on any atom is 0.313 e. The van der Waals surface area contributed by atoms with Crippen LogP contribution in [0.3, 0.4) is 0 Å². The summed E-state index contributed by atoms with van der Waals surface area (Å²) in [5.41, 5.74) is 7.63. The van der Waals surface area contributed by atoms with Gasteiger partial charge in [-0.25, -0.2) is 0 Å². The van der Waals surface area contributed by atoms with Crippen LogP contribution < -0.4 is 4.74 Å². The first-order chi connectivity index (χ1) is 14.2. The molecule has 0 amide bonds. The summed E-state index contributed by atoms with van der Waals surface area (Å²) in [4.78, 5) is 12.9. The first-order valence-electron chi connectivity index (χ1n) is 11.1. The number of carbonyl (C=O) groups excluding carboxylic acids is 1. The van der Waals surface area contributed by atoms with E-state index in [-0.39, 0.29) is 11.9 Å². The molecule has 0 N–H and O–H groups in total. The monoisotopic (exact) mass is 390 g/mol. The minimum atomic E-state index is -0.173. The van der Waals surface area contributed by atoms with Gasteiger partial charge < -0.3 is 9.47 Å². The summed E-state index contributed by atoms with van der Waals surface area (Å²) < 4.78 is 11.1. The molecule has 3 nitrogen and oxygen atoms in total. The summed E-state index contributed by atoms with van der Waals surface area (Å²) >= 11 is 0. The van der Waals surface area contributed by atoms with Gasteiger partial charge in [0.1, 0.15) is 5.75 Å². The molecule has 3 aliphatic rings. The van der Waals surface area contributed by atoms with Gasteiger partial charge in [-0.2, -0.15) is 0 Å². The molecule has 1 atom stereocenters. The molecule has 0 spiro atoms. The zero-order valence-electron chi connectivity index (χ0n) is 17.5. The van der Waals surface area contributed by atoms with Gasteiger partial charge in [-0.05, 0) is 96.4 Å². The van der Waals surface area contributed by atoms with Crippen LogP contribution in [0, 0.1) is 12.8 Å². The van der Waals surface area contributed by atoms with E-state index in [0.29, 0.717) is 11.8 Å². The topological polar surface area (TPSA) is 35.5 Å². The summed E-state index contributed by atoms with van der Waals surface area (Å²) in [7, 11) is 1.53. The lowest BCUT2D eigenvalue weighted by Crippen LogP contribution is -2.18. The number of methoxy groups -OCH3 is 1. The highest BCUT2D eigenvalue weighted by atomic mass is 16.5. The van der Waals surface area contributed by atoms with Crippen LogP contribution in [0.1, 0.15) is 72.6 Å². The Balaban J connectivity index is 1.68. The van der Waals surface area contributed by atoms with E-state index in [1.54, 1.807) is 0 Å². The predicted molar refractivity (Wildman–Crippen MR) is 115 cm³/mol. The quantitative estimate of drug-likeness (QED) is 0.574. The van der Waals surface area contributed by atoms with Crippen molar-refractivity contribution < 1.29 is 14.3 Å². The van der Waals surface area contributed by atoms with E-state index >= 15 is 0 Å². The van der Waals surface area contributed by atoms with Crippen molar-refractivity contribution in [2.45, 2.75) is 63.7 Å². The SMILES string of the molecule is COC(=O)C(CC1CC1)c1c(C)ccc(C2CC2)c1-c1ccc2c(c1)CCCO2. The second-order valence-electron chi connectivity index (χ2n) is 9.06. The Labute approximate surface area is 173 Å². The normalized spacial score (nSPS) is 19.2. The van der Waals surface area contributed by atoms with Gasteiger partial charge in [0.15, 0.2) is 0 Å². The molecule has 2 saturated carbocycles. The third-order valence-corrected chi connectivity index (χ3v) is 6.81. The van der Waals surface area contributed by atoms with E-state index in [9.17, 15) is 4.79 Å². The molecular formula is C26H30O3. The van der Waals surface area contributed by atoms with Crippen LogP contribution in [-0.4, -0.2) is 19.7 Å². The summed E-state index contributed by atoms with van der Waals surface area (Å²) in [6.45, 7) is 2.96. The fourth-order valence-electron chi connectivity index (χ4n) is 4.92. The van der Waals surface area contributed by atoms with Crippen LogP contribution in [0.2, 0.25) is 0 Å². The Hall–Kier alpha value is -2.29. The van der Waals surface area contributed by atoms with Crippen molar-refractivity contribution in [3.05, 3.63) is 52.6 Å². The van der Waals surface area contributed by atoms with Gasteiger partial charge in [0, 0.05) is 0 Å². The molecule has 0 radical (unpaired) electrons. The number of esters is 1. The smallest absolute Gasteiger partial charge is 0.313 e. The van der Waals surface area contributed by atoms with Crippen molar-refractivity contribution >= 4 is 5.97 Å². The molecule has 2 fully saturated rings. The first kappa shape index (κ1) is 18.7. The van der Waals surface area contributed by atoms with Crippen LogP contribution >= 0.6 is 0 Å². The van der Waals surface area contributed by atoms with Gasteiger partial charge >= 0.3 is 5.97 Å². The molecular weight excluding hydrogens is 360 g/mol. The molecule has 3 heteroatoms. The number of hydrogen-bond acceptors (Lipinski definition) is 3. The summed E-state index contributed by atoms with van der Waals surface area (Å²) in [5.74, 6) is 2.04. The van der Waals surface area contributed by atoms with E-state index in [1.165, 1.54) is 66.2 Å². The van der Waals surface area contributed by atoms with Crippen molar-refractivity contribution in [2.24, 2.45) is 5.92 Å². The van der Waals surface area contributed by atoms with Crippen molar-refractivity contribution in [3.63, 3.8) is 0 Å². The largest absolute Gasteiger partial charge is 0.493 e. The molecule has 0 saturated heterocycles. The van der Waals surface area contributed by atoms with Gasteiger partial charge in [0.05, 0.1) is 19.6 Å². The molecule has 0 bridgehead atoms. The van der Waals surface area contributed by atoms with E-state index < -0.39 is 0 Å². The molecule has 1 unspecified atom stereocenters. The summed E-state index contributed by atoms with van der Waals surface area (Å²) in [6, 6.07) is 11.1. The maximum absolute atomic E-state index is 12.9. The molecule has 2 aliphatic carbocycles. The van der Waals surface area contributed by atoms with Gasteiger partial charge in [0.2, 0.25) is 0 Å². The van der Waals surface area contributed by atoms with Crippen LogP contribution in [0.15, 0.2) is 30.3 Å². The number of hydrogen-bond donors (Lipinski definition) is 0. The summed E-state index contributed by atoms with van der Waals surface area (Å²) in [6.07, 6.45) is 8.00. The van der Waals surface area contributed by atoms with Crippen LogP contribution in [0.5, 0.6) is 5.75 Å². The molecule has 1 heterocycles. The zero-order chi connectivity index (χ0) is 20.0.